The summed E-state index contributed by atoms with van der Waals surface area (Å²) in [6.07, 6.45) is 5.06. The molecule has 10 heavy (non-hydrogen) atoms. The van der Waals surface area contributed by atoms with Crippen LogP contribution in [0.25, 0.3) is 0 Å². The van der Waals surface area contributed by atoms with Crippen LogP contribution >= 0.6 is 0 Å². The van der Waals surface area contributed by atoms with Gasteiger partial charge in [-0.3, -0.25) is 0 Å². The topological polar surface area (TPSA) is 20.2 Å². The molecule has 0 radical (unpaired) electrons. The first-order valence-electron chi connectivity index (χ1n) is 3.61. The molecule has 0 unspecified atom stereocenters. The maximum absolute atomic E-state index is 9.59. The predicted molar refractivity (Wildman–Crippen MR) is 42.8 cm³/mol. The summed E-state index contributed by atoms with van der Waals surface area (Å²) in [7, 11) is 0. The van der Waals surface area contributed by atoms with E-state index in [9.17, 15) is 5.11 Å². The molecule has 0 aromatic heterocycles. The minimum atomic E-state index is -0.631. The molecular weight excluding hydrogens is 124 g/mol. The van der Waals surface area contributed by atoms with E-state index in [1.165, 1.54) is 5.57 Å². The van der Waals surface area contributed by atoms with Gasteiger partial charge in [0.2, 0.25) is 0 Å². The van der Waals surface area contributed by atoms with Crippen LogP contribution in [0, 0.1) is 0 Å². The summed E-state index contributed by atoms with van der Waals surface area (Å²) in [4.78, 5) is 0. The van der Waals surface area contributed by atoms with Gasteiger partial charge in [0.05, 0.1) is 5.60 Å². The summed E-state index contributed by atoms with van der Waals surface area (Å²) >= 11 is 0. The van der Waals surface area contributed by atoms with E-state index < -0.39 is 5.60 Å². The highest BCUT2D eigenvalue weighted by molar-refractivity contribution is 5.36. The normalized spacial score (nSPS) is 18.8. The number of hydrogen-bond donors (Lipinski definition) is 1. The third kappa shape index (κ3) is 1.29. The van der Waals surface area contributed by atoms with Crippen molar-refractivity contribution in [1.29, 1.82) is 0 Å². The van der Waals surface area contributed by atoms with E-state index in [0.29, 0.717) is 0 Å². The monoisotopic (exact) mass is 138 g/mol. The van der Waals surface area contributed by atoms with E-state index in [-0.39, 0.29) is 0 Å². The highest BCUT2D eigenvalue weighted by atomic mass is 16.3. The van der Waals surface area contributed by atoms with Crippen molar-refractivity contribution in [1.82, 2.24) is 0 Å². The molecule has 0 saturated heterocycles. The molecule has 1 aliphatic rings. The Morgan fingerprint density at radius 2 is 2.10 bits per heavy atom. The fourth-order valence-electron chi connectivity index (χ4n) is 1.35. The van der Waals surface area contributed by atoms with Crippen LogP contribution in [-0.2, 0) is 0 Å². The average Bonchev–Trinajstić information content (AvgIpc) is 2.11. The van der Waals surface area contributed by atoms with Crippen molar-refractivity contribution in [2.45, 2.75) is 32.8 Å². The van der Waals surface area contributed by atoms with Crippen molar-refractivity contribution in [3.8, 4) is 0 Å². The lowest BCUT2D eigenvalue weighted by atomic mass is 9.95. The van der Waals surface area contributed by atoms with Crippen molar-refractivity contribution in [2.24, 2.45) is 0 Å². The largest absolute Gasteiger partial charge is 0.386 e. The van der Waals surface area contributed by atoms with Gasteiger partial charge in [0.25, 0.3) is 0 Å². The Morgan fingerprint density at radius 1 is 1.50 bits per heavy atom. The van der Waals surface area contributed by atoms with E-state index in [2.05, 4.69) is 12.2 Å². The fourth-order valence-corrected chi connectivity index (χ4v) is 1.35. The van der Waals surface area contributed by atoms with Crippen molar-refractivity contribution in [3.05, 3.63) is 23.3 Å². The molecule has 0 aromatic carbocycles. The molecule has 0 amide bonds. The molecule has 0 spiro atoms. The lowest BCUT2D eigenvalue weighted by molar-refractivity contribution is 0.117. The van der Waals surface area contributed by atoms with Crippen molar-refractivity contribution < 1.29 is 5.11 Å². The molecule has 1 aliphatic carbocycles. The van der Waals surface area contributed by atoms with E-state index >= 15 is 0 Å². The molecule has 1 N–H and O–H groups in total. The second-order valence-corrected chi connectivity index (χ2v) is 3.33. The average molecular weight is 138 g/mol. The maximum atomic E-state index is 9.59. The summed E-state index contributed by atoms with van der Waals surface area (Å²) in [5.41, 5.74) is 1.73. The maximum Gasteiger partial charge on any atom is 0.0809 e. The Kier molecular flexibility index (Phi) is 1.69. The molecule has 0 bridgehead atoms. The lowest BCUT2D eigenvalue weighted by Gasteiger charge is -2.20. The Labute approximate surface area is 62.1 Å². The van der Waals surface area contributed by atoms with E-state index in [1.54, 1.807) is 0 Å². The minimum absolute atomic E-state index is 0.631. The smallest absolute Gasteiger partial charge is 0.0809 e. The van der Waals surface area contributed by atoms with Gasteiger partial charge in [-0.15, -0.1) is 0 Å². The van der Waals surface area contributed by atoms with Crippen molar-refractivity contribution in [2.75, 3.05) is 0 Å². The zero-order chi connectivity index (χ0) is 7.78. The number of rotatable bonds is 1. The second-order valence-electron chi connectivity index (χ2n) is 3.33. The van der Waals surface area contributed by atoms with Gasteiger partial charge < -0.3 is 5.11 Å². The molecule has 0 aliphatic heterocycles. The van der Waals surface area contributed by atoms with Crippen LogP contribution < -0.4 is 0 Å². The van der Waals surface area contributed by atoms with Gasteiger partial charge >= 0.3 is 0 Å². The lowest BCUT2D eigenvalue weighted by Crippen LogP contribution is -2.21. The highest BCUT2D eigenvalue weighted by Crippen LogP contribution is 2.28. The summed E-state index contributed by atoms with van der Waals surface area (Å²) in [6.45, 7) is 5.70. The van der Waals surface area contributed by atoms with Crippen molar-refractivity contribution >= 4 is 0 Å². The van der Waals surface area contributed by atoms with Crippen LogP contribution in [0.2, 0.25) is 0 Å². The third-order valence-electron chi connectivity index (χ3n) is 1.90. The van der Waals surface area contributed by atoms with Gasteiger partial charge in [-0.2, -0.15) is 0 Å². The van der Waals surface area contributed by atoms with Crippen LogP contribution in [-0.4, -0.2) is 10.7 Å². The SMILES string of the molecule is CC1=C(C(C)(C)O)CC=C1. The van der Waals surface area contributed by atoms with Crippen LogP contribution in [0.1, 0.15) is 27.2 Å². The van der Waals surface area contributed by atoms with Crippen LogP contribution in [0.4, 0.5) is 0 Å². The van der Waals surface area contributed by atoms with E-state index in [0.717, 1.165) is 12.0 Å². The predicted octanol–water partition coefficient (Wildman–Crippen LogP) is 2.03. The Morgan fingerprint density at radius 3 is 2.30 bits per heavy atom. The quantitative estimate of drug-likeness (QED) is 0.588. The molecule has 56 valence electrons. The summed E-state index contributed by atoms with van der Waals surface area (Å²) in [5, 5.41) is 9.59. The number of allylic oxidation sites excluding steroid dienone is 3. The molecule has 1 heteroatoms. The van der Waals surface area contributed by atoms with Gasteiger partial charge in [-0.1, -0.05) is 12.2 Å². The zero-order valence-electron chi connectivity index (χ0n) is 6.81. The first-order chi connectivity index (χ1) is 4.52. The molecule has 0 aromatic rings. The van der Waals surface area contributed by atoms with E-state index in [1.807, 2.05) is 20.8 Å². The molecule has 0 heterocycles. The minimum Gasteiger partial charge on any atom is -0.386 e. The van der Waals surface area contributed by atoms with Crippen LogP contribution in [0.5, 0.6) is 0 Å². The molecule has 1 rings (SSSR count). The standard InChI is InChI=1S/C9H14O/c1-7-5-4-6-8(7)9(2,3)10/h4-5,10H,6H2,1-3H3. The number of aliphatic hydroxyl groups is 1. The van der Waals surface area contributed by atoms with Crippen LogP contribution in [0.3, 0.4) is 0 Å². The highest BCUT2D eigenvalue weighted by Gasteiger charge is 2.21. The van der Waals surface area contributed by atoms with Crippen molar-refractivity contribution in [3.63, 3.8) is 0 Å². The summed E-state index contributed by atoms with van der Waals surface area (Å²) in [5.74, 6) is 0. The van der Waals surface area contributed by atoms with Gasteiger partial charge in [0, 0.05) is 0 Å². The molecule has 0 fully saturated rings. The van der Waals surface area contributed by atoms with Gasteiger partial charge in [0.15, 0.2) is 0 Å². The molecule has 0 atom stereocenters. The Hall–Kier alpha value is -0.560. The fraction of sp³-hybridized carbons (Fsp3) is 0.556. The number of hydrogen-bond acceptors (Lipinski definition) is 1. The zero-order valence-corrected chi connectivity index (χ0v) is 6.81. The van der Waals surface area contributed by atoms with Gasteiger partial charge in [0.1, 0.15) is 0 Å². The molecule has 0 saturated carbocycles. The molecule has 1 nitrogen and oxygen atoms in total. The van der Waals surface area contributed by atoms with Gasteiger partial charge in [-0.25, -0.2) is 0 Å². The Balaban J connectivity index is 2.86. The second kappa shape index (κ2) is 2.24. The Bertz CT molecular complexity index is 191. The summed E-state index contributed by atoms with van der Waals surface area (Å²) < 4.78 is 0. The first kappa shape index (κ1) is 7.55. The van der Waals surface area contributed by atoms with Crippen LogP contribution in [0.15, 0.2) is 23.3 Å². The van der Waals surface area contributed by atoms with E-state index in [4.69, 9.17) is 0 Å². The first-order valence-corrected chi connectivity index (χ1v) is 3.61. The third-order valence-corrected chi connectivity index (χ3v) is 1.90. The summed E-state index contributed by atoms with van der Waals surface area (Å²) in [6, 6.07) is 0. The molecular formula is C9H14O. The van der Waals surface area contributed by atoms with Gasteiger partial charge in [-0.05, 0) is 38.3 Å².